The minimum Gasteiger partial charge on any atom is -0.369 e. The van der Waals surface area contributed by atoms with Crippen molar-refractivity contribution >= 4 is 50.7 Å². The summed E-state index contributed by atoms with van der Waals surface area (Å²) in [6, 6.07) is 16.7. The normalized spacial score (nSPS) is 10.8. The average molecular weight is 705 g/mol. The van der Waals surface area contributed by atoms with Crippen molar-refractivity contribution in [1.29, 1.82) is 0 Å². The van der Waals surface area contributed by atoms with Gasteiger partial charge in [-0.15, -0.1) is 47.2 Å². The fourth-order valence-corrected chi connectivity index (χ4v) is 3.70. The van der Waals surface area contributed by atoms with Gasteiger partial charge in [-0.1, -0.05) is 6.07 Å². The Hall–Kier alpha value is -1.92. The second-order valence-electron chi connectivity index (χ2n) is 6.10. The van der Waals surface area contributed by atoms with Crippen molar-refractivity contribution in [3.05, 3.63) is 75.5 Å². The van der Waals surface area contributed by atoms with Crippen LogP contribution in [0.15, 0.2) is 64.6 Å². The molecule has 0 aliphatic heterocycles. The maximum atomic E-state index is 11.9. The van der Waals surface area contributed by atoms with Crippen LogP contribution in [0, 0.1) is 37.2 Å². The van der Waals surface area contributed by atoms with Crippen LogP contribution in [0.4, 0.5) is 5.82 Å². The summed E-state index contributed by atoms with van der Waals surface area (Å²) in [6.07, 6.45) is 5.07. The van der Waals surface area contributed by atoms with Gasteiger partial charge in [0.25, 0.3) is 0 Å². The van der Waals surface area contributed by atoms with Gasteiger partial charge in [-0.3, -0.25) is 9.78 Å². The molecule has 6 nitrogen and oxygen atoms in total. The second kappa shape index (κ2) is 10.9. The summed E-state index contributed by atoms with van der Waals surface area (Å²) in [5.41, 5.74) is 2.41. The molecule has 3 heterocycles. The number of aromatic nitrogens is 3. The van der Waals surface area contributed by atoms with Gasteiger partial charge in [-0.05, 0) is 45.2 Å². The van der Waals surface area contributed by atoms with Crippen molar-refractivity contribution < 1.29 is 35.9 Å². The second-order valence-corrected chi connectivity index (χ2v) is 7.93. The molecule has 1 aromatic carbocycles. The molecular weight excluding hydrogens is 688 g/mol. The molecule has 2 N–H and O–H groups in total. The maximum Gasteiger partial charge on any atom is 0.244 e. The van der Waals surface area contributed by atoms with Gasteiger partial charge >= 0.3 is 0 Å². The van der Waals surface area contributed by atoms with Crippen molar-refractivity contribution in [3.8, 4) is 11.3 Å². The standard InChI is InChI=1S/C21H17BrN5OS.U/c22-17-14-25-27-19(13-18(26-21(17)27)15-5-2-1-3-6-15)23-10-11-24-20(28)9-8-16-7-4-12-29-16;/h1-5,7-9,12-14,23H,10-11H2,(H,24,28);/q-1;/b9-8+;. The molecule has 0 fully saturated rings. The number of anilines is 1. The summed E-state index contributed by atoms with van der Waals surface area (Å²) in [6.45, 7) is 1.03. The Kier molecular flexibility index (Phi) is 8.28. The van der Waals surface area contributed by atoms with Gasteiger partial charge in [-0.25, -0.2) is 0 Å². The van der Waals surface area contributed by atoms with Gasteiger partial charge < -0.3 is 10.6 Å². The molecule has 0 bridgehead atoms. The smallest absolute Gasteiger partial charge is 0.244 e. The number of halogens is 1. The topological polar surface area (TPSA) is 71.3 Å². The Morgan fingerprint density at radius 3 is 2.93 bits per heavy atom. The Balaban J connectivity index is 0.00000256. The maximum absolute atomic E-state index is 11.9. The van der Waals surface area contributed by atoms with E-state index in [1.54, 1.807) is 28.1 Å². The number of nitrogens with zero attached hydrogens (tertiary/aromatic N) is 3. The molecule has 0 radical (unpaired) electrons. The Morgan fingerprint density at radius 2 is 2.17 bits per heavy atom. The van der Waals surface area contributed by atoms with Crippen molar-refractivity contribution in [2.24, 2.45) is 0 Å². The molecule has 0 spiro atoms. The first-order valence-electron chi connectivity index (χ1n) is 8.95. The summed E-state index contributed by atoms with van der Waals surface area (Å²) in [5.74, 6) is 0.665. The molecule has 4 aromatic rings. The molecule has 30 heavy (non-hydrogen) atoms. The van der Waals surface area contributed by atoms with Crippen molar-refractivity contribution in [2.45, 2.75) is 0 Å². The van der Waals surface area contributed by atoms with Crippen LogP contribution in [-0.4, -0.2) is 33.6 Å². The number of amides is 1. The van der Waals surface area contributed by atoms with Crippen LogP contribution < -0.4 is 10.6 Å². The van der Waals surface area contributed by atoms with Crippen LogP contribution in [0.2, 0.25) is 0 Å². The molecule has 150 valence electrons. The Bertz CT molecular complexity index is 1150. The van der Waals surface area contributed by atoms with E-state index in [1.165, 1.54) is 0 Å². The van der Waals surface area contributed by atoms with E-state index in [2.05, 4.69) is 42.7 Å². The van der Waals surface area contributed by atoms with E-state index in [1.807, 2.05) is 53.9 Å². The van der Waals surface area contributed by atoms with Crippen LogP contribution in [0.3, 0.4) is 0 Å². The fraction of sp³-hybridized carbons (Fsp3) is 0.0952. The third-order valence-corrected chi connectivity index (χ3v) is 5.48. The number of rotatable bonds is 7. The number of thiophene rings is 1. The molecule has 1 amide bonds. The third-order valence-electron chi connectivity index (χ3n) is 4.09. The predicted octanol–water partition coefficient (Wildman–Crippen LogP) is 4.26. The van der Waals surface area contributed by atoms with E-state index in [9.17, 15) is 4.79 Å². The molecule has 0 atom stereocenters. The van der Waals surface area contributed by atoms with E-state index in [-0.39, 0.29) is 37.0 Å². The Labute approximate surface area is 210 Å². The van der Waals surface area contributed by atoms with Crippen LogP contribution in [0.5, 0.6) is 0 Å². The average Bonchev–Trinajstić information content (AvgIpc) is 3.40. The summed E-state index contributed by atoms with van der Waals surface area (Å²) in [4.78, 5) is 17.7. The minimum absolute atomic E-state index is 0. The summed E-state index contributed by atoms with van der Waals surface area (Å²) >= 11 is 5.09. The predicted molar refractivity (Wildman–Crippen MR) is 120 cm³/mol. The fourth-order valence-electron chi connectivity index (χ4n) is 2.73. The van der Waals surface area contributed by atoms with Crippen LogP contribution >= 0.6 is 27.3 Å². The molecule has 0 aliphatic carbocycles. The van der Waals surface area contributed by atoms with Crippen molar-refractivity contribution in [3.63, 3.8) is 0 Å². The minimum atomic E-state index is -0.124. The summed E-state index contributed by atoms with van der Waals surface area (Å²) in [5, 5.41) is 12.5. The van der Waals surface area contributed by atoms with E-state index < -0.39 is 0 Å². The molecule has 9 heteroatoms. The van der Waals surface area contributed by atoms with E-state index >= 15 is 0 Å². The first kappa shape index (κ1) is 22.8. The first-order chi connectivity index (χ1) is 14.2. The van der Waals surface area contributed by atoms with Gasteiger partial charge in [0.1, 0.15) is 5.82 Å². The zero-order valence-corrected chi connectivity index (χ0v) is 22.4. The number of hydrogen-bond donors (Lipinski definition) is 2. The van der Waals surface area contributed by atoms with Gasteiger partial charge in [0.2, 0.25) is 5.91 Å². The van der Waals surface area contributed by atoms with Crippen LogP contribution in [0.1, 0.15) is 4.88 Å². The van der Waals surface area contributed by atoms with Crippen molar-refractivity contribution in [1.82, 2.24) is 19.9 Å². The molecule has 0 unspecified atom stereocenters. The molecule has 3 aromatic heterocycles. The monoisotopic (exact) mass is 704 g/mol. The SMILES string of the molecule is O=C(/C=C/c1cccs1)NCCNc1cc(-c2[c-]cccc2)nc2c(Br)cnn12.[U]. The van der Waals surface area contributed by atoms with Crippen LogP contribution in [0.25, 0.3) is 23.0 Å². The third kappa shape index (κ3) is 5.61. The van der Waals surface area contributed by atoms with Gasteiger partial charge in [0.15, 0.2) is 5.65 Å². The number of carbonyl (C=O) groups is 1. The molecule has 4 rings (SSSR count). The zero-order valence-electron chi connectivity index (χ0n) is 15.8. The number of fused-ring (bicyclic) bond motifs is 1. The van der Waals surface area contributed by atoms with Gasteiger partial charge in [0.05, 0.1) is 10.7 Å². The zero-order chi connectivity index (χ0) is 20.1. The van der Waals surface area contributed by atoms with Crippen LogP contribution in [-0.2, 0) is 4.79 Å². The first-order valence-corrected chi connectivity index (χ1v) is 10.6. The van der Waals surface area contributed by atoms with E-state index in [0.29, 0.717) is 18.7 Å². The quantitative estimate of drug-likeness (QED) is 0.172. The number of hydrogen-bond acceptors (Lipinski definition) is 5. The largest absolute Gasteiger partial charge is 0.369 e. The summed E-state index contributed by atoms with van der Waals surface area (Å²) < 4.78 is 2.54. The van der Waals surface area contributed by atoms with E-state index in [0.717, 1.165) is 26.4 Å². The number of benzene rings is 1. The van der Waals surface area contributed by atoms with Gasteiger partial charge in [0, 0.05) is 55.2 Å². The Morgan fingerprint density at radius 1 is 1.27 bits per heavy atom. The molecule has 0 saturated heterocycles. The molecule has 0 saturated carbocycles. The number of carbonyl (C=O) groups excluding carboxylic acids is 1. The molecular formula is C21H17BrN5OSU-. The number of nitrogens with one attached hydrogen (secondary N) is 2. The van der Waals surface area contributed by atoms with Crippen molar-refractivity contribution in [2.75, 3.05) is 18.4 Å². The summed E-state index contributed by atoms with van der Waals surface area (Å²) in [7, 11) is 0. The van der Waals surface area contributed by atoms with Gasteiger partial charge in [-0.2, -0.15) is 9.61 Å². The van der Waals surface area contributed by atoms with E-state index in [4.69, 9.17) is 0 Å². The molecule has 0 aliphatic rings.